The first-order valence-electron chi connectivity index (χ1n) is 7.84. The zero-order chi connectivity index (χ0) is 17.1. The molecule has 8 heteroatoms. The van der Waals surface area contributed by atoms with Gasteiger partial charge in [0.15, 0.2) is 0 Å². The van der Waals surface area contributed by atoms with Crippen LogP contribution in [0.1, 0.15) is 29.9 Å². The van der Waals surface area contributed by atoms with E-state index >= 15 is 0 Å². The summed E-state index contributed by atoms with van der Waals surface area (Å²) in [6.45, 7) is 3.51. The molecule has 1 fully saturated rings. The van der Waals surface area contributed by atoms with Crippen LogP contribution in [0.3, 0.4) is 0 Å². The molecule has 3 amide bonds. The van der Waals surface area contributed by atoms with Crippen LogP contribution in [0.25, 0.3) is 0 Å². The van der Waals surface area contributed by atoms with Crippen molar-refractivity contribution < 1.29 is 9.59 Å². The molecule has 2 aromatic heterocycles. The number of aromatic nitrogens is 3. The Kier molecular flexibility index (Phi) is 4.45. The second-order valence-electron chi connectivity index (χ2n) is 6.02. The summed E-state index contributed by atoms with van der Waals surface area (Å²) in [6, 6.07) is 3.14. The summed E-state index contributed by atoms with van der Waals surface area (Å²) >= 11 is 0. The lowest BCUT2D eigenvalue weighted by Gasteiger charge is -2.37. The van der Waals surface area contributed by atoms with E-state index in [0.29, 0.717) is 24.7 Å². The van der Waals surface area contributed by atoms with Crippen molar-refractivity contribution in [3.63, 3.8) is 0 Å². The van der Waals surface area contributed by atoms with Gasteiger partial charge in [0, 0.05) is 25.5 Å². The summed E-state index contributed by atoms with van der Waals surface area (Å²) in [5.74, 6) is -0.124. The summed E-state index contributed by atoms with van der Waals surface area (Å²) < 4.78 is 2.05. The van der Waals surface area contributed by atoms with Crippen LogP contribution in [-0.4, -0.2) is 44.5 Å². The number of anilines is 1. The highest BCUT2D eigenvalue weighted by atomic mass is 16.2. The van der Waals surface area contributed by atoms with Gasteiger partial charge < -0.3 is 20.5 Å². The summed E-state index contributed by atoms with van der Waals surface area (Å²) in [5.41, 5.74) is 5.85. The molecule has 2 aromatic rings. The van der Waals surface area contributed by atoms with Crippen molar-refractivity contribution in [2.45, 2.75) is 19.4 Å². The highest BCUT2D eigenvalue weighted by Gasteiger charge is 2.29. The Morgan fingerprint density at radius 3 is 2.83 bits per heavy atom. The molecular weight excluding hydrogens is 308 g/mol. The normalized spacial score (nSPS) is 20.6. The number of amides is 3. The van der Waals surface area contributed by atoms with Gasteiger partial charge in [0.2, 0.25) is 0 Å². The molecule has 0 unspecified atom stereocenters. The molecule has 3 rings (SSSR count). The Balaban J connectivity index is 1.65. The smallest absolute Gasteiger partial charge is 0.321 e. The number of hydrogen-bond donors (Lipinski definition) is 2. The van der Waals surface area contributed by atoms with Crippen molar-refractivity contribution >= 4 is 17.6 Å². The predicted molar refractivity (Wildman–Crippen MR) is 88.4 cm³/mol. The first-order chi connectivity index (χ1) is 11.5. The van der Waals surface area contributed by atoms with Crippen LogP contribution < -0.4 is 11.1 Å². The Bertz CT molecular complexity index is 713. The average Bonchev–Trinajstić information content (AvgIpc) is 3.10. The minimum absolute atomic E-state index is 0.167. The lowest BCUT2D eigenvalue weighted by molar-refractivity contribution is 0.0995. The molecule has 1 aliphatic heterocycles. The monoisotopic (exact) mass is 328 g/mol. The van der Waals surface area contributed by atoms with E-state index in [0.717, 1.165) is 6.42 Å². The van der Waals surface area contributed by atoms with Crippen molar-refractivity contribution in [3.05, 3.63) is 42.7 Å². The minimum atomic E-state index is -0.596. The summed E-state index contributed by atoms with van der Waals surface area (Å²) in [5, 5.41) is 2.81. The van der Waals surface area contributed by atoms with Crippen LogP contribution in [0.5, 0.6) is 0 Å². The van der Waals surface area contributed by atoms with Crippen LogP contribution in [0.4, 0.5) is 10.5 Å². The molecule has 3 heterocycles. The number of nitrogens with two attached hydrogens (primary N) is 1. The third-order valence-electron chi connectivity index (χ3n) is 4.38. The Hall–Kier alpha value is -2.90. The summed E-state index contributed by atoms with van der Waals surface area (Å²) in [4.78, 5) is 33.3. The van der Waals surface area contributed by atoms with Crippen molar-refractivity contribution in [2.24, 2.45) is 11.7 Å². The maximum absolute atomic E-state index is 12.5. The van der Waals surface area contributed by atoms with Crippen molar-refractivity contribution in [1.82, 2.24) is 19.4 Å². The van der Waals surface area contributed by atoms with Gasteiger partial charge in [-0.25, -0.2) is 14.8 Å². The largest absolute Gasteiger partial charge is 0.364 e. The van der Waals surface area contributed by atoms with E-state index in [9.17, 15) is 9.59 Å². The number of piperidine rings is 1. The van der Waals surface area contributed by atoms with Crippen molar-refractivity contribution in [3.8, 4) is 0 Å². The van der Waals surface area contributed by atoms with E-state index in [4.69, 9.17) is 5.73 Å². The molecule has 1 aliphatic rings. The molecule has 0 radical (unpaired) electrons. The van der Waals surface area contributed by atoms with Crippen LogP contribution in [0, 0.1) is 5.92 Å². The maximum atomic E-state index is 12.5. The Morgan fingerprint density at radius 1 is 1.38 bits per heavy atom. The van der Waals surface area contributed by atoms with Crippen molar-refractivity contribution in [2.75, 3.05) is 18.4 Å². The summed E-state index contributed by atoms with van der Waals surface area (Å²) in [7, 11) is 0. The van der Waals surface area contributed by atoms with Crippen molar-refractivity contribution in [1.29, 1.82) is 0 Å². The number of imidazole rings is 1. The number of likely N-dealkylation sites (tertiary alicyclic amines) is 1. The molecule has 0 aliphatic carbocycles. The van der Waals surface area contributed by atoms with Crippen LogP contribution in [0.2, 0.25) is 0 Å². The fraction of sp³-hybridized carbons (Fsp3) is 0.375. The van der Waals surface area contributed by atoms with Gasteiger partial charge in [0.25, 0.3) is 5.91 Å². The number of nitrogens with zero attached hydrogens (tertiary/aromatic N) is 4. The van der Waals surface area contributed by atoms with Gasteiger partial charge in [-0.05, 0) is 24.5 Å². The number of primary amides is 1. The Labute approximate surface area is 139 Å². The second kappa shape index (κ2) is 6.69. The molecular formula is C16H20N6O2. The predicted octanol–water partition coefficient (Wildman–Crippen LogP) is 1.49. The highest BCUT2D eigenvalue weighted by Crippen LogP contribution is 2.27. The van der Waals surface area contributed by atoms with Gasteiger partial charge in [-0.15, -0.1) is 0 Å². The number of urea groups is 1. The van der Waals surface area contributed by atoms with Gasteiger partial charge in [-0.1, -0.05) is 6.92 Å². The topological polar surface area (TPSA) is 106 Å². The zero-order valence-corrected chi connectivity index (χ0v) is 13.4. The van der Waals surface area contributed by atoms with E-state index in [2.05, 4.69) is 22.2 Å². The molecule has 0 aromatic carbocycles. The van der Waals surface area contributed by atoms with E-state index < -0.39 is 5.91 Å². The van der Waals surface area contributed by atoms with Gasteiger partial charge in [0.1, 0.15) is 5.69 Å². The lowest BCUT2D eigenvalue weighted by atomic mass is 9.93. The third kappa shape index (κ3) is 3.37. The zero-order valence-electron chi connectivity index (χ0n) is 13.4. The molecule has 0 saturated carbocycles. The summed E-state index contributed by atoms with van der Waals surface area (Å²) in [6.07, 6.45) is 7.81. The van der Waals surface area contributed by atoms with Gasteiger partial charge in [0.05, 0.1) is 24.3 Å². The maximum Gasteiger partial charge on any atom is 0.321 e. The van der Waals surface area contributed by atoms with Gasteiger partial charge >= 0.3 is 6.03 Å². The van der Waals surface area contributed by atoms with Gasteiger partial charge in [-0.3, -0.25) is 4.79 Å². The second-order valence-corrected chi connectivity index (χ2v) is 6.02. The number of hydrogen-bond acceptors (Lipinski definition) is 4. The Morgan fingerprint density at radius 2 is 2.21 bits per heavy atom. The molecule has 1 saturated heterocycles. The quantitative estimate of drug-likeness (QED) is 0.890. The van der Waals surface area contributed by atoms with Crippen LogP contribution in [0.15, 0.2) is 37.1 Å². The first-order valence-corrected chi connectivity index (χ1v) is 7.84. The van der Waals surface area contributed by atoms with E-state index in [1.807, 2.05) is 10.8 Å². The lowest BCUT2D eigenvalue weighted by Crippen LogP contribution is -2.45. The molecule has 8 nitrogen and oxygen atoms in total. The average molecular weight is 328 g/mol. The number of carbonyl (C=O) groups excluding carboxylic acids is 2. The molecule has 3 N–H and O–H groups in total. The van der Waals surface area contributed by atoms with E-state index in [1.54, 1.807) is 23.5 Å². The van der Waals surface area contributed by atoms with Gasteiger partial charge in [-0.2, -0.15) is 0 Å². The fourth-order valence-electron chi connectivity index (χ4n) is 2.90. The molecule has 0 bridgehead atoms. The molecule has 126 valence electrons. The van der Waals surface area contributed by atoms with Crippen LogP contribution >= 0.6 is 0 Å². The molecule has 2 atom stereocenters. The third-order valence-corrected chi connectivity index (χ3v) is 4.38. The standard InChI is InChI=1S/C16H20N6O2/c1-11-4-6-21(9-14(11)22-7-5-18-10-22)16(24)20-12-2-3-13(15(17)23)19-8-12/h2-3,5,7-8,10-11,14H,4,6,9H2,1H3,(H2,17,23)(H,20,24)/t11-,14-/m1/s1. The highest BCUT2D eigenvalue weighted by molar-refractivity contribution is 5.92. The fourth-order valence-corrected chi connectivity index (χ4v) is 2.90. The number of carbonyl (C=O) groups is 2. The first kappa shape index (κ1) is 16.0. The number of rotatable bonds is 3. The number of nitrogens with one attached hydrogen (secondary N) is 1. The van der Waals surface area contributed by atoms with E-state index in [-0.39, 0.29) is 17.8 Å². The number of pyridine rings is 1. The SMILES string of the molecule is C[C@@H]1CCN(C(=O)Nc2ccc(C(N)=O)nc2)C[C@H]1n1ccnc1. The molecule has 0 spiro atoms. The van der Waals surface area contributed by atoms with E-state index in [1.165, 1.54) is 12.3 Å². The minimum Gasteiger partial charge on any atom is -0.364 e. The van der Waals surface area contributed by atoms with Crippen LogP contribution in [-0.2, 0) is 0 Å². The molecule has 24 heavy (non-hydrogen) atoms.